The molecule has 116 valence electrons. The van der Waals surface area contributed by atoms with Crippen molar-refractivity contribution in [3.63, 3.8) is 0 Å². The van der Waals surface area contributed by atoms with Crippen molar-refractivity contribution in [2.45, 2.75) is 25.8 Å². The molecule has 0 radical (unpaired) electrons. The summed E-state index contributed by atoms with van der Waals surface area (Å²) in [5, 5.41) is 3.29. The van der Waals surface area contributed by atoms with Gasteiger partial charge in [-0.25, -0.2) is 0 Å². The molecule has 1 aliphatic heterocycles. The van der Waals surface area contributed by atoms with Crippen molar-refractivity contribution in [1.82, 2.24) is 10.2 Å². The molecule has 1 heterocycles. The van der Waals surface area contributed by atoms with Gasteiger partial charge in [0.15, 0.2) is 0 Å². The van der Waals surface area contributed by atoms with Crippen LogP contribution in [0.4, 0.5) is 0 Å². The first-order valence-corrected chi connectivity index (χ1v) is 6.99. The largest absolute Gasteiger partial charge is 0.369 e. The Morgan fingerprint density at radius 1 is 1.33 bits per heavy atom. The van der Waals surface area contributed by atoms with Crippen LogP contribution in [-0.4, -0.2) is 36.3 Å². The van der Waals surface area contributed by atoms with E-state index < -0.39 is 5.91 Å². The molecule has 0 saturated carbocycles. The van der Waals surface area contributed by atoms with Crippen LogP contribution in [0.5, 0.6) is 0 Å². The molecule has 0 aromatic heterocycles. The third-order valence-corrected chi connectivity index (χ3v) is 3.66. The van der Waals surface area contributed by atoms with Crippen LogP contribution in [-0.2, 0) is 16.0 Å². The van der Waals surface area contributed by atoms with Crippen molar-refractivity contribution in [1.29, 1.82) is 0 Å². The number of primary amides is 1. The van der Waals surface area contributed by atoms with Gasteiger partial charge in [0.1, 0.15) is 6.42 Å². The average Bonchev–Trinajstić information content (AvgIpc) is 2.46. The monoisotopic (exact) mass is 311 g/mol. The molecule has 2 rings (SSSR count). The minimum Gasteiger partial charge on any atom is -0.369 e. The summed E-state index contributed by atoms with van der Waals surface area (Å²) in [7, 11) is 0. The molecule has 1 aliphatic rings. The number of halogens is 1. The maximum atomic E-state index is 12.1. The zero-order valence-corrected chi connectivity index (χ0v) is 13.0. The first-order valence-electron chi connectivity index (χ1n) is 6.99. The Kier molecular flexibility index (Phi) is 6.65. The number of hydrogen-bond donors (Lipinski definition) is 2. The Hall–Kier alpha value is -1.59. The molecule has 1 aromatic carbocycles. The van der Waals surface area contributed by atoms with E-state index in [0.717, 1.165) is 18.5 Å². The zero-order chi connectivity index (χ0) is 14.5. The quantitative estimate of drug-likeness (QED) is 0.815. The molecule has 0 aliphatic carbocycles. The fraction of sp³-hybridized carbons (Fsp3) is 0.467. The molecule has 1 aromatic rings. The number of amides is 2. The molecule has 1 atom stereocenters. The van der Waals surface area contributed by atoms with E-state index in [1.807, 2.05) is 0 Å². The van der Waals surface area contributed by atoms with Gasteiger partial charge < -0.3 is 16.0 Å². The van der Waals surface area contributed by atoms with E-state index in [0.29, 0.717) is 13.1 Å². The van der Waals surface area contributed by atoms with E-state index in [-0.39, 0.29) is 30.8 Å². The lowest BCUT2D eigenvalue weighted by molar-refractivity contribution is -0.137. The Morgan fingerprint density at radius 2 is 2.00 bits per heavy atom. The number of carbonyl (C=O) groups is 2. The number of nitrogens with two attached hydrogens (primary N) is 1. The number of carbonyl (C=O) groups excluding carboxylic acids is 2. The van der Waals surface area contributed by atoms with Gasteiger partial charge in [-0.3, -0.25) is 9.59 Å². The summed E-state index contributed by atoms with van der Waals surface area (Å²) in [6.45, 7) is 4.16. The van der Waals surface area contributed by atoms with E-state index in [4.69, 9.17) is 5.73 Å². The van der Waals surface area contributed by atoms with Crippen molar-refractivity contribution < 1.29 is 9.59 Å². The van der Waals surface area contributed by atoms with Gasteiger partial charge in [0, 0.05) is 19.6 Å². The predicted octanol–water partition coefficient (Wildman–Crippen LogP) is 1.02. The second-order valence-electron chi connectivity index (χ2n) is 5.05. The van der Waals surface area contributed by atoms with Gasteiger partial charge >= 0.3 is 0 Å². The van der Waals surface area contributed by atoms with Crippen LogP contribution in [0, 0.1) is 0 Å². The highest BCUT2D eigenvalue weighted by Crippen LogP contribution is 2.23. The summed E-state index contributed by atoms with van der Waals surface area (Å²) >= 11 is 0. The molecule has 1 unspecified atom stereocenters. The number of piperazine rings is 1. The fourth-order valence-electron chi connectivity index (χ4n) is 2.53. The van der Waals surface area contributed by atoms with Gasteiger partial charge in [0.25, 0.3) is 0 Å². The third kappa shape index (κ3) is 4.44. The number of rotatable bonds is 4. The Balaban J connectivity index is 0.00000220. The number of hydrogen-bond acceptors (Lipinski definition) is 3. The van der Waals surface area contributed by atoms with Crippen LogP contribution in [0.2, 0.25) is 0 Å². The minimum atomic E-state index is -0.575. The van der Waals surface area contributed by atoms with Crippen molar-refractivity contribution in [2.24, 2.45) is 5.73 Å². The molecule has 3 N–H and O–H groups in total. The highest BCUT2D eigenvalue weighted by molar-refractivity contribution is 5.96. The number of benzene rings is 1. The molecule has 0 bridgehead atoms. The lowest BCUT2D eigenvalue weighted by atomic mass is 10.0. The van der Waals surface area contributed by atoms with Crippen LogP contribution in [0.25, 0.3) is 0 Å². The van der Waals surface area contributed by atoms with Crippen molar-refractivity contribution in [3.8, 4) is 0 Å². The molecule has 21 heavy (non-hydrogen) atoms. The predicted molar refractivity (Wildman–Crippen MR) is 84.2 cm³/mol. The highest BCUT2D eigenvalue weighted by Gasteiger charge is 2.28. The van der Waals surface area contributed by atoms with Gasteiger partial charge in [0.2, 0.25) is 11.8 Å². The summed E-state index contributed by atoms with van der Waals surface area (Å²) in [4.78, 5) is 24.8. The smallest absolute Gasteiger partial charge is 0.232 e. The maximum Gasteiger partial charge on any atom is 0.232 e. The van der Waals surface area contributed by atoms with E-state index in [9.17, 15) is 9.59 Å². The van der Waals surface area contributed by atoms with E-state index in [1.54, 1.807) is 4.90 Å². The Morgan fingerprint density at radius 3 is 2.57 bits per heavy atom. The number of aryl methyl sites for hydroxylation is 1. The zero-order valence-electron chi connectivity index (χ0n) is 12.2. The summed E-state index contributed by atoms with van der Waals surface area (Å²) < 4.78 is 0. The van der Waals surface area contributed by atoms with Gasteiger partial charge in [-0.15, -0.1) is 12.4 Å². The van der Waals surface area contributed by atoms with Crippen LogP contribution in [0.15, 0.2) is 24.3 Å². The van der Waals surface area contributed by atoms with Crippen LogP contribution >= 0.6 is 12.4 Å². The Labute approximate surface area is 131 Å². The third-order valence-electron chi connectivity index (χ3n) is 3.66. The van der Waals surface area contributed by atoms with E-state index in [1.165, 1.54) is 5.56 Å². The van der Waals surface area contributed by atoms with Gasteiger partial charge in [-0.05, 0) is 17.5 Å². The van der Waals surface area contributed by atoms with Crippen molar-refractivity contribution in [3.05, 3.63) is 35.4 Å². The molecule has 6 heteroatoms. The first-order chi connectivity index (χ1) is 9.61. The summed E-state index contributed by atoms with van der Waals surface area (Å²) in [6, 6.07) is 8.25. The van der Waals surface area contributed by atoms with E-state index in [2.05, 4.69) is 36.5 Å². The van der Waals surface area contributed by atoms with Crippen LogP contribution < -0.4 is 11.1 Å². The SMILES string of the molecule is CCc1ccc(C2CNCCN2C(=O)CC(N)=O)cc1.Cl. The van der Waals surface area contributed by atoms with Gasteiger partial charge in [-0.2, -0.15) is 0 Å². The molecule has 2 amide bonds. The molecule has 0 spiro atoms. The maximum absolute atomic E-state index is 12.1. The standard InChI is InChI=1S/C15H21N3O2.ClH/c1-2-11-3-5-12(6-4-11)13-10-17-7-8-18(13)15(20)9-14(16)19;/h3-6,13,17H,2,7-10H2,1H3,(H2,16,19);1H. The molecule has 1 saturated heterocycles. The number of nitrogens with zero attached hydrogens (tertiary/aromatic N) is 1. The van der Waals surface area contributed by atoms with Crippen LogP contribution in [0.1, 0.15) is 30.5 Å². The topological polar surface area (TPSA) is 75.4 Å². The minimum absolute atomic E-state index is 0. The molecule has 5 nitrogen and oxygen atoms in total. The summed E-state index contributed by atoms with van der Waals surface area (Å²) in [5.74, 6) is -0.766. The first kappa shape index (κ1) is 17.5. The fourth-order valence-corrected chi connectivity index (χ4v) is 2.53. The second-order valence-corrected chi connectivity index (χ2v) is 5.05. The van der Waals surface area contributed by atoms with Gasteiger partial charge in [-0.1, -0.05) is 31.2 Å². The second kappa shape index (κ2) is 8.00. The van der Waals surface area contributed by atoms with Crippen LogP contribution in [0.3, 0.4) is 0 Å². The lowest BCUT2D eigenvalue weighted by Gasteiger charge is -2.36. The van der Waals surface area contributed by atoms with Crippen molar-refractivity contribution >= 4 is 24.2 Å². The lowest BCUT2D eigenvalue weighted by Crippen LogP contribution is -2.49. The number of nitrogens with one attached hydrogen (secondary N) is 1. The summed E-state index contributed by atoms with van der Waals surface area (Å²) in [6.07, 6.45) is 0.775. The molecule has 1 fully saturated rings. The summed E-state index contributed by atoms with van der Waals surface area (Å²) in [5.41, 5.74) is 7.48. The van der Waals surface area contributed by atoms with Crippen molar-refractivity contribution in [2.75, 3.05) is 19.6 Å². The normalized spacial score (nSPS) is 18.0. The Bertz CT molecular complexity index is 490. The highest BCUT2D eigenvalue weighted by atomic mass is 35.5. The van der Waals surface area contributed by atoms with Gasteiger partial charge in [0.05, 0.1) is 6.04 Å². The average molecular weight is 312 g/mol. The molecular formula is C15H22ClN3O2. The molecular weight excluding hydrogens is 290 g/mol. The van der Waals surface area contributed by atoms with E-state index >= 15 is 0 Å².